The van der Waals surface area contributed by atoms with E-state index in [1.165, 1.54) is 0 Å². The topological polar surface area (TPSA) is 50.3 Å². The van der Waals surface area contributed by atoms with Crippen LogP contribution < -0.4 is 4.90 Å². The number of carbonyl (C=O) groups excluding carboxylic acids is 2. The van der Waals surface area contributed by atoms with Crippen molar-refractivity contribution in [2.24, 2.45) is 0 Å². The molecule has 0 saturated heterocycles. The number of benzene rings is 2. The van der Waals surface area contributed by atoms with Gasteiger partial charge in [0.15, 0.2) is 5.78 Å². The summed E-state index contributed by atoms with van der Waals surface area (Å²) in [5, 5.41) is 0. The highest BCUT2D eigenvalue weighted by atomic mass is 16.2. The molecule has 0 unspecified atom stereocenters. The molecule has 0 radical (unpaired) electrons. The van der Waals surface area contributed by atoms with Crippen LogP contribution in [0.1, 0.15) is 47.8 Å². The lowest BCUT2D eigenvalue weighted by molar-refractivity contribution is -0.118. The van der Waals surface area contributed by atoms with Gasteiger partial charge in [-0.2, -0.15) is 0 Å². The van der Waals surface area contributed by atoms with Crippen molar-refractivity contribution in [3.8, 4) is 11.1 Å². The highest BCUT2D eigenvalue weighted by Gasteiger charge is 2.10. The first-order chi connectivity index (χ1) is 14.5. The Balaban J connectivity index is 1.62. The minimum absolute atomic E-state index is 0.120. The zero-order chi connectivity index (χ0) is 21.5. The number of Topliss-reactive ketones (excluding diaryl/α,β-unsaturated/α-hetero) is 1. The molecule has 0 spiro atoms. The van der Waals surface area contributed by atoms with Crippen LogP contribution in [0.3, 0.4) is 0 Å². The number of carbonyl (C=O) groups is 2. The molecule has 0 N–H and O–H groups in total. The second kappa shape index (κ2) is 9.97. The van der Waals surface area contributed by atoms with E-state index >= 15 is 0 Å². The van der Waals surface area contributed by atoms with Crippen LogP contribution in [0.4, 0.5) is 5.69 Å². The van der Waals surface area contributed by atoms with E-state index in [0.29, 0.717) is 19.3 Å². The van der Waals surface area contributed by atoms with Crippen LogP contribution in [0.25, 0.3) is 11.1 Å². The summed E-state index contributed by atoms with van der Waals surface area (Å²) in [4.78, 5) is 30.5. The Bertz CT molecular complexity index is 991. The van der Waals surface area contributed by atoms with Gasteiger partial charge in [0.2, 0.25) is 5.91 Å². The average molecular weight is 401 g/mol. The Labute approximate surface area is 178 Å². The van der Waals surface area contributed by atoms with E-state index in [0.717, 1.165) is 40.1 Å². The molecule has 0 aliphatic carbocycles. The summed E-state index contributed by atoms with van der Waals surface area (Å²) in [7, 11) is 1.81. The van der Waals surface area contributed by atoms with E-state index < -0.39 is 0 Å². The number of aromatic nitrogens is 1. The number of ketones is 1. The van der Waals surface area contributed by atoms with E-state index in [4.69, 9.17) is 0 Å². The van der Waals surface area contributed by atoms with Crippen molar-refractivity contribution in [3.63, 3.8) is 0 Å². The summed E-state index contributed by atoms with van der Waals surface area (Å²) >= 11 is 0. The monoisotopic (exact) mass is 400 g/mol. The van der Waals surface area contributed by atoms with E-state index in [1.54, 1.807) is 11.9 Å². The van der Waals surface area contributed by atoms with Crippen LogP contribution in [-0.2, 0) is 11.2 Å². The Morgan fingerprint density at radius 1 is 0.867 bits per heavy atom. The molecule has 154 valence electrons. The lowest BCUT2D eigenvalue weighted by atomic mass is 9.99. The number of anilines is 1. The number of aryl methyl sites for hydroxylation is 2. The molecule has 1 aromatic heterocycles. The van der Waals surface area contributed by atoms with Gasteiger partial charge >= 0.3 is 0 Å². The molecule has 3 aromatic rings. The SMILES string of the molecule is CCCC(=O)N(C)c1ccc(-c2ccc(C(=O)CCc3ccc(C)nc3)cc2)cc1. The fourth-order valence-corrected chi connectivity index (χ4v) is 3.30. The van der Waals surface area contributed by atoms with Crippen molar-refractivity contribution >= 4 is 17.4 Å². The fraction of sp³-hybridized carbons (Fsp3) is 0.269. The lowest BCUT2D eigenvalue weighted by Crippen LogP contribution is -2.25. The van der Waals surface area contributed by atoms with Crippen LogP contribution in [0.2, 0.25) is 0 Å². The highest BCUT2D eigenvalue weighted by molar-refractivity contribution is 5.96. The molecule has 0 bridgehead atoms. The molecule has 3 rings (SSSR count). The zero-order valence-electron chi connectivity index (χ0n) is 17.9. The molecular formula is C26H28N2O2. The number of hydrogen-bond acceptors (Lipinski definition) is 3. The molecule has 0 aliphatic heterocycles. The van der Waals surface area contributed by atoms with Crippen LogP contribution in [0.15, 0.2) is 66.9 Å². The lowest BCUT2D eigenvalue weighted by Gasteiger charge is -2.17. The van der Waals surface area contributed by atoms with Gasteiger partial charge in [0, 0.05) is 43.0 Å². The van der Waals surface area contributed by atoms with Crippen LogP contribution in [-0.4, -0.2) is 23.7 Å². The Morgan fingerprint density at radius 3 is 2.07 bits per heavy atom. The summed E-state index contributed by atoms with van der Waals surface area (Å²) in [5.41, 5.74) is 5.76. The van der Waals surface area contributed by atoms with E-state index in [9.17, 15) is 9.59 Å². The van der Waals surface area contributed by atoms with Crippen molar-refractivity contribution in [2.75, 3.05) is 11.9 Å². The van der Waals surface area contributed by atoms with Gasteiger partial charge in [-0.3, -0.25) is 14.6 Å². The quantitative estimate of drug-likeness (QED) is 0.460. The molecule has 2 aromatic carbocycles. The third-order valence-electron chi connectivity index (χ3n) is 5.25. The molecule has 0 atom stereocenters. The van der Waals surface area contributed by atoms with Gasteiger partial charge in [0.1, 0.15) is 0 Å². The summed E-state index contributed by atoms with van der Waals surface area (Å²) in [5.74, 6) is 0.253. The zero-order valence-corrected chi connectivity index (χ0v) is 17.9. The molecule has 0 aliphatic rings. The summed E-state index contributed by atoms with van der Waals surface area (Å²) in [6, 6.07) is 19.6. The molecule has 30 heavy (non-hydrogen) atoms. The number of nitrogens with zero attached hydrogens (tertiary/aromatic N) is 2. The standard InChI is InChI=1S/C26H28N2O2/c1-4-5-26(30)28(3)24-15-13-22(14-16-24)21-9-11-23(12-10-21)25(29)17-8-20-7-6-19(2)27-18-20/h6-7,9-16,18H,4-5,8,17H2,1-3H3. The highest BCUT2D eigenvalue weighted by Crippen LogP contribution is 2.24. The second-order valence-corrected chi connectivity index (χ2v) is 7.56. The third-order valence-corrected chi connectivity index (χ3v) is 5.25. The molecule has 4 heteroatoms. The Kier molecular flexibility index (Phi) is 7.12. The predicted molar refractivity (Wildman–Crippen MR) is 122 cm³/mol. The second-order valence-electron chi connectivity index (χ2n) is 7.56. The maximum Gasteiger partial charge on any atom is 0.226 e. The van der Waals surface area contributed by atoms with Gasteiger partial charge < -0.3 is 4.90 Å². The van der Waals surface area contributed by atoms with Gasteiger partial charge in [-0.25, -0.2) is 0 Å². The van der Waals surface area contributed by atoms with Gasteiger partial charge in [-0.1, -0.05) is 49.4 Å². The van der Waals surface area contributed by atoms with Crippen LogP contribution in [0.5, 0.6) is 0 Å². The molecule has 1 heterocycles. The maximum absolute atomic E-state index is 12.5. The van der Waals surface area contributed by atoms with E-state index in [2.05, 4.69) is 4.98 Å². The van der Waals surface area contributed by atoms with Crippen LogP contribution in [0, 0.1) is 6.92 Å². The normalized spacial score (nSPS) is 10.6. The minimum Gasteiger partial charge on any atom is -0.316 e. The number of hydrogen-bond donors (Lipinski definition) is 0. The number of rotatable bonds is 8. The van der Waals surface area contributed by atoms with Gasteiger partial charge in [0.05, 0.1) is 0 Å². The van der Waals surface area contributed by atoms with Crippen molar-refractivity contribution in [2.45, 2.75) is 39.5 Å². The fourth-order valence-electron chi connectivity index (χ4n) is 3.30. The summed E-state index contributed by atoms with van der Waals surface area (Å²) < 4.78 is 0. The Morgan fingerprint density at radius 2 is 1.50 bits per heavy atom. The largest absolute Gasteiger partial charge is 0.316 e. The molecular weight excluding hydrogens is 372 g/mol. The molecule has 1 amide bonds. The van der Waals surface area contributed by atoms with E-state index in [1.807, 2.05) is 80.7 Å². The first kappa shape index (κ1) is 21.4. The summed E-state index contributed by atoms with van der Waals surface area (Å²) in [6.07, 6.45) is 4.39. The summed E-state index contributed by atoms with van der Waals surface area (Å²) in [6.45, 7) is 3.96. The maximum atomic E-state index is 12.5. The smallest absolute Gasteiger partial charge is 0.226 e. The van der Waals surface area contributed by atoms with Crippen molar-refractivity contribution < 1.29 is 9.59 Å². The predicted octanol–water partition coefficient (Wildman–Crippen LogP) is 5.64. The van der Waals surface area contributed by atoms with Crippen LogP contribution >= 0.6 is 0 Å². The van der Waals surface area contributed by atoms with Crippen molar-refractivity contribution in [3.05, 3.63) is 83.7 Å². The van der Waals surface area contributed by atoms with Gasteiger partial charge in [-0.15, -0.1) is 0 Å². The van der Waals surface area contributed by atoms with Gasteiger partial charge in [0.25, 0.3) is 0 Å². The Hall–Kier alpha value is -3.27. The average Bonchev–Trinajstić information content (AvgIpc) is 2.78. The first-order valence-corrected chi connectivity index (χ1v) is 10.4. The minimum atomic E-state index is 0.120. The molecule has 4 nitrogen and oxygen atoms in total. The van der Waals surface area contributed by atoms with Crippen molar-refractivity contribution in [1.29, 1.82) is 0 Å². The third kappa shape index (κ3) is 5.41. The van der Waals surface area contributed by atoms with E-state index in [-0.39, 0.29) is 11.7 Å². The van der Waals surface area contributed by atoms with Gasteiger partial charge in [-0.05, 0) is 54.7 Å². The number of pyridine rings is 1. The van der Waals surface area contributed by atoms with Crippen molar-refractivity contribution in [1.82, 2.24) is 4.98 Å². The number of amides is 1. The first-order valence-electron chi connectivity index (χ1n) is 10.4. The molecule has 0 saturated carbocycles. The molecule has 0 fully saturated rings.